The molecule has 6 rings (SSSR count). The average molecular weight is 709 g/mol. The van der Waals surface area contributed by atoms with Crippen molar-refractivity contribution in [1.82, 2.24) is 30.2 Å². The molecule has 0 saturated carbocycles. The maximum absolute atomic E-state index is 12.7. The van der Waals surface area contributed by atoms with E-state index in [0.29, 0.717) is 35.8 Å². The Morgan fingerprint density at radius 3 is 2.02 bits per heavy atom. The second kappa shape index (κ2) is 15.4. The Balaban J connectivity index is 0.000000170. The van der Waals surface area contributed by atoms with Crippen LogP contribution in [0.15, 0.2) is 82.3 Å². The van der Waals surface area contributed by atoms with E-state index in [-0.39, 0.29) is 30.7 Å². The van der Waals surface area contributed by atoms with E-state index in [1.165, 1.54) is 24.8 Å². The molecule has 212 valence electrons. The van der Waals surface area contributed by atoms with Gasteiger partial charge in [-0.1, -0.05) is 31.9 Å². The summed E-state index contributed by atoms with van der Waals surface area (Å²) in [6.07, 6.45) is 5.79. The van der Waals surface area contributed by atoms with Crippen molar-refractivity contribution in [3.63, 3.8) is 0 Å². The highest BCUT2D eigenvalue weighted by molar-refractivity contribution is 9.10. The van der Waals surface area contributed by atoms with Crippen molar-refractivity contribution in [3.8, 4) is 11.5 Å². The van der Waals surface area contributed by atoms with Crippen LogP contribution in [0.4, 0.5) is 0 Å². The van der Waals surface area contributed by atoms with Crippen molar-refractivity contribution < 1.29 is 24.5 Å². The van der Waals surface area contributed by atoms with E-state index in [1.807, 2.05) is 6.07 Å². The first kappa shape index (κ1) is 25.1. The molecule has 2 aliphatic rings. The summed E-state index contributed by atoms with van der Waals surface area (Å²) >= 11 is 11.9. The molecule has 2 aromatic carbocycles. The number of benzene rings is 2. The maximum Gasteiger partial charge on any atom is 0.258 e. The van der Waals surface area contributed by atoms with Crippen LogP contribution in [0.25, 0.3) is 0 Å². The fourth-order valence-electron chi connectivity index (χ4n) is 3.45. The lowest BCUT2D eigenvalue weighted by molar-refractivity contribution is 0.0738. The number of carbonyl (C=O) groups is 2. The van der Waals surface area contributed by atoms with Gasteiger partial charge in [-0.2, -0.15) is 0 Å². The molecule has 13 heteroatoms. The minimum atomic E-state index is -2.12. The predicted molar refractivity (Wildman–Crippen MR) is 160 cm³/mol. The second-order valence-corrected chi connectivity index (χ2v) is 10.1. The standard InChI is InChI=1S/C14H12BrN3O2.C9H8BrNO2.C5H5ClN2/c15-10-2-3-12-11(8-10)14(19)18(6-7-20-12)9-13-16-4-1-5-17-13;10-6-1-2-8-7(5-6)9(12)11-3-4-13-8;6-4-5-7-2-1-3-8-5/h1-5,8H,6-7,9H2;1-2,5H,3-4H2,(H,11,12);1-3H,4H2/i9D2;;4D2. The number of nitrogens with zero attached hydrogens (tertiary/aromatic N) is 5. The summed E-state index contributed by atoms with van der Waals surface area (Å²) < 4.78 is 43.0. The highest BCUT2D eigenvalue weighted by Gasteiger charge is 2.24. The van der Waals surface area contributed by atoms with Crippen LogP contribution >= 0.6 is 43.5 Å². The zero-order chi connectivity index (χ0) is 32.6. The molecule has 0 aliphatic carbocycles. The minimum absolute atomic E-state index is 0.00309. The molecule has 1 N–H and O–H groups in total. The Bertz CT molecular complexity index is 1640. The third-order valence-corrected chi connectivity index (χ3v) is 6.43. The first-order valence-electron chi connectivity index (χ1n) is 14.1. The molecule has 0 bridgehead atoms. The molecule has 2 aromatic heterocycles. The molecule has 41 heavy (non-hydrogen) atoms. The lowest BCUT2D eigenvalue weighted by atomic mass is 10.2. The Hall–Kier alpha value is -3.61. The molecule has 0 atom stereocenters. The lowest BCUT2D eigenvalue weighted by Crippen LogP contribution is -2.32. The summed E-state index contributed by atoms with van der Waals surface area (Å²) in [5.74, 6) is -1.45. The number of hydrogen-bond donors (Lipinski definition) is 1. The Morgan fingerprint density at radius 2 is 1.41 bits per heavy atom. The molecule has 0 fully saturated rings. The smallest absolute Gasteiger partial charge is 0.258 e. The van der Waals surface area contributed by atoms with Gasteiger partial charge in [0, 0.05) is 33.7 Å². The van der Waals surface area contributed by atoms with Crippen molar-refractivity contribution in [2.75, 3.05) is 26.3 Å². The lowest BCUT2D eigenvalue weighted by Gasteiger charge is -2.18. The van der Waals surface area contributed by atoms with Gasteiger partial charge in [-0.05, 0) is 48.5 Å². The fourth-order valence-corrected chi connectivity index (χ4v) is 4.27. The van der Waals surface area contributed by atoms with Crippen LogP contribution in [-0.4, -0.2) is 63.0 Å². The minimum Gasteiger partial charge on any atom is -0.491 e. The van der Waals surface area contributed by atoms with Crippen LogP contribution in [-0.2, 0) is 12.3 Å². The molecule has 10 nitrogen and oxygen atoms in total. The highest BCUT2D eigenvalue weighted by Crippen LogP contribution is 2.27. The number of aromatic nitrogens is 4. The number of ether oxygens (including phenoxy) is 2. The first-order chi connectivity index (χ1) is 21.4. The molecular weight excluding hydrogens is 680 g/mol. The average Bonchev–Trinajstić information content (AvgIpc) is 3.31. The van der Waals surface area contributed by atoms with E-state index < -0.39 is 18.2 Å². The van der Waals surface area contributed by atoms with Crippen LogP contribution in [0.2, 0.25) is 0 Å². The monoisotopic (exact) mass is 706 g/mol. The first-order valence-corrected chi connectivity index (χ1v) is 14.0. The van der Waals surface area contributed by atoms with Crippen molar-refractivity contribution in [1.29, 1.82) is 0 Å². The number of nitrogens with one attached hydrogen (secondary N) is 1. The summed E-state index contributed by atoms with van der Waals surface area (Å²) in [6.45, 7) is -0.722. The maximum atomic E-state index is 12.7. The van der Waals surface area contributed by atoms with E-state index >= 15 is 0 Å². The van der Waals surface area contributed by atoms with Gasteiger partial charge in [-0.3, -0.25) is 9.59 Å². The van der Waals surface area contributed by atoms with Crippen molar-refractivity contribution in [2.45, 2.75) is 12.3 Å². The molecule has 2 amide bonds. The van der Waals surface area contributed by atoms with E-state index in [2.05, 4.69) is 57.1 Å². The Labute approximate surface area is 264 Å². The summed E-state index contributed by atoms with van der Waals surface area (Å²) in [5.41, 5.74) is 0.901. The number of carbonyl (C=O) groups excluding carboxylic acids is 2. The predicted octanol–water partition coefficient (Wildman–Crippen LogP) is 5.06. The molecule has 2 aliphatic heterocycles. The van der Waals surface area contributed by atoms with Crippen LogP contribution in [0.3, 0.4) is 0 Å². The number of alkyl halides is 1. The van der Waals surface area contributed by atoms with Crippen molar-refractivity contribution in [3.05, 3.63) is 105 Å². The SMILES string of the molecule is O=C1NCCOc2ccc(Br)cc21.[2H]C([2H])(Cl)c1ncccn1.[2H]C([2H])(c1ncccn1)N1CCOc2ccc(Br)cc2C1=O. The molecule has 4 heterocycles. The van der Waals surface area contributed by atoms with E-state index in [0.717, 1.165) is 13.8 Å². The van der Waals surface area contributed by atoms with Gasteiger partial charge in [-0.25, -0.2) is 19.9 Å². The third-order valence-electron chi connectivity index (χ3n) is 5.27. The van der Waals surface area contributed by atoms with E-state index in [1.54, 1.807) is 42.5 Å². The normalized spacial score (nSPS) is 15.8. The summed E-state index contributed by atoms with van der Waals surface area (Å²) in [7, 11) is 0. The van der Waals surface area contributed by atoms with Crippen LogP contribution < -0.4 is 14.8 Å². The number of fused-ring (bicyclic) bond motifs is 2. The highest BCUT2D eigenvalue weighted by atomic mass is 79.9. The molecule has 0 radical (unpaired) electrons. The quantitative estimate of drug-likeness (QED) is 0.294. The largest absolute Gasteiger partial charge is 0.491 e. The molecule has 4 aromatic rings. The molecule has 0 saturated heterocycles. The molecular formula is C28H25Br2ClN6O4. The zero-order valence-electron chi connectivity index (χ0n) is 25.3. The van der Waals surface area contributed by atoms with Crippen LogP contribution in [0, 0.1) is 0 Å². The van der Waals surface area contributed by atoms with E-state index in [4.69, 9.17) is 26.6 Å². The van der Waals surface area contributed by atoms with Gasteiger partial charge in [0.15, 0.2) is 0 Å². The fraction of sp³-hybridized carbons (Fsp3) is 0.214. The number of hydrogen-bond acceptors (Lipinski definition) is 8. The van der Waals surface area contributed by atoms with Gasteiger partial charge in [0.2, 0.25) is 0 Å². The van der Waals surface area contributed by atoms with Gasteiger partial charge in [0.25, 0.3) is 11.8 Å². The van der Waals surface area contributed by atoms with Crippen molar-refractivity contribution >= 4 is 55.3 Å². The van der Waals surface area contributed by atoms with Gasteiger partial charge < -0.3 is 19.7 Å². The van der Waals surface area contributed by atoms with Crippen LogP contribution in [0.1, 0.15) is 37.8 Å². The number of halogens is 3. The zero-order valence-corrected chi connectivity index (χ0v) is 25.2. The van der Waals surface area contributed by atoms with E-state index in [9.17, 15) is 9.59 Å². The van der Waals surface area contributed by atoms with Gasteiger partial charge in [-0.15, -0.1) is 11.6 Å². The molecule has 0 unspecified atom stereocenters. The number of amides is 2. The summed E-state index contributed by atoms with van der Waals surface area (Å²) in [5, 5.41) is 2.74. The number of rotatable bonds is 3. The Morgan fingerprint density at radius 1 is 0.854 bits per heavy atom. The van der Waals surface area contributed by atoms with Gasteiger partial charge >= 0.3 is 0 Å². The van der Waals surface area contributed by atoms with Crippen LogP contribution in [0.5, 0.6) is 11.5 Å². The van der Waals surface area contributed by atoms with Gasteiger partial charge in [0.1, 0.15) is 36.4 Å². The molecule has 0 spiro atoms. The third kappa shape index (κ3) is 8.94. The van der Waals surface area contributed by atoms with Crippen molar-refractivity contribution in [2.24, 2.45) is 0 Å². The van der Waals surface area contributed by atoms with Gasteiger partial charge in [0.05, 0.1) is 42.0 Å². The second-order valence-electron chi connectivity index (χ2n) is 8.04. The Kier molecular flexibility index (Phi) is 9.44. The summed E-state index contributed by atoms with van der Waals surface area (Å²) in [6, 6.07) is 13.7. The topological polar surface area (TPSA) is 119 Å². The summed E-state index contributed by atoms with van der Waals surface area (Å²) in [4.78, 5) is 40.4.